The van der Waals surface area contributed by atoms with Crippen LogP contribution < -0.4 is 10.1 Å². The van der Waals surface area contributed by atoms with E-state index in [2.05, 4.69) is 5.32 Å². The van der Waals surface area contributed by atoms with E-state index in [-0.39, 0.29) is 11.8 Å². The predicted octanol–water partition coefficient (Wildman–Crippen LogP) is 3.23. The Morgan fingerprint density at radius 3 is 2.22 bits per heavy atom. The van der Waals surface area contributed by atoms with E-state index in [4.69, 9.17) is 4.74 Å². The minimum absolute atomic E-state index is 0.233. The van der Waals surface area contributed by atoms with Crippen LogP contribution in [0.15, 0.2) is 60.7 Å². The molecular weight excluding hydrogens is 340 g/mol. The number of ether oxygens (including phenoxy) is 1. The van der Waals surface area contributed by atoms with Gasteiger partial charge < -0.3 is 10.1 Å². The van der Waals surface area contributed by atoms with Gasteiger partial charge in [0.25, 0.3) is 11.8 Å². The lowest BCUT2D eigenvalue weighted by Gasteiger charge is -2.27. The standard InChI is InChI=1S/C22H20N2O3/c1-27-19-11-3-2-6-16(19)14-23-12-13-24-21(25)17-9-4-7-15-8-5-10-18(20(15)17)22(24)26/h2-11,23H,12-14H2,1H3. The summed E-state index contributed by atoms with van der Waals surface area (Å²) >= 11 is 0. The summed E-state index contributed by atoms with van der Waals surface area (Å²) in [7, 11) is 1.64. The van der Waals surface area contributed by atoms with E-state index in [1.54, 1.807) is 19.2 Å². The van der Waals surface area contributed by atoms with E-state index < -0.39 is 0 Å². The van der Waals surface area contributed by atoms with Gasteiger partial charge >= 0.3 is 0 Å². The Balaban J connectivity index is 1.47. The lowest BCUT2D eigenvalue weighted by Crippen LogP contribution is -2.43. The van der Waals surface area contributed by atoms with Crippen molar-refractivity contribution in [3.05, 3.63) is 77.4 Å². The number of para-hydroxylation sites is 1. The predicted molar refractivity (Wildman–Crippen MR) is 104 cm³/mol. The maximum Gasteiger partial charge on any atom is 0.261 e. The second-order valence-corrected chi connectivity index (χ2v) is 6.46. The van der Waals surface area contributed by atoms with Gasteiger partial charge in [0.05, 0.1) is 7.11 Å². The first-order valence-electron chi connectivity index (χ1n) is 8.91. The van der Waals surface area contributed by atoms with E-state index in [1.165, 1.54) is 4.90 Å². The number of hydrogen-bond donors (Lipinski definition) is 1. The molecule has 0 aromatic heterocycles. The fourth-order valence-corrected chi connectivity index (χ4v) is 3.55. The fraction of sp³-hybridized carbons (Fsp3) is 0.182. The molecule has 3 aromatic rings. The second-order valence-electron chi connectivity index (χ2n) is 6.46. The summed E-state index contributed by atoms with van der Waals surface area (Å²) in [5.41, 5.74) is 2.21. The summed E-state index contributed by atoms with van der Waals surface area (Å²) in [4.78, 5) is 27.0. The summed E-state index contributed by atoms with van der Waals surface area (Å²) in [5, 5.41) is 4.96. The van der Waals surface area contributed by atoms with Gasteiger partial charge in [-0.2, -0.15) is 0 Å². The van der Waals surface area contributed by atoms with Crippen LogP contribution in [0, 0.1) is 0 Å². The van der Waals surface area contributed by atoms with Crippen molar-refractivity contribution in [2.75, 3.05) is 20.2 Å². The van der Waals surface area contributed by atoms with Gasteiger partial charge in [-0.25, -0.2) is 0 Å². The maximum atomic E-state index is 12.8. The third-order valence-electron chi connectivity index (χ3n) is 4.88. The molecule has 5 heteroatoms. The Kier molecular flexibility index (Phi) is 4.60. The van der Waals surface area contributed by atoms with Gasteiger partial charge in [-0.3, -0.25) is 14.5 Å². The molecule has 0 saturated carbocycles. The number of rotatable bonds is 6. The Morgan fingerprint density at radius 2 is 1.56 bits per heavy atom. The highest BCUT2D eigenvalue weighted by Gasteiger charge is 2.32. The molecule has 0 fully saturated rings. The average molecular weight is 360 g/mol. The third kappa shape index (κ3) is 3.06. The number of carbonyl (C=O) groups is 2. The van der Waals surface area contributed by atoms with Crippen molar-refractivity contribution in [1.82, 2.24) is 10.2 Å². The van der Waals surface area contributed by atoms with Gasteiger partial charge in [-0.05, 0) is 23.6 Å². The van der Waals surface area contributed by atoms with Gasteiger partial charge in [0.15, 0.2) is 0 Å². The van der Waals surface area contributed by atoms with Gasteiger partial charge in [-0.1, -0.05) is 42.5 Å². The summed E-state index contributed by atoms with van der Waals surface area (Å²) in [6.45, 7) is 1.43. The molecule has 4 rings (SSSR count). The molecule has 0 radical (unpaired) electrons. The monoisotopic (exact) mass is 360 g/mol. The molecule has 136 valence electrons. The molecular formula is C22H20N2O3. The lowest BCUT2D eigenvalue weighted by atomic mass is 9.94. The smallest absolute Gasteiger partial charge is 0.261 e. The van der Waals surface area contributed by atoms with E-state index in [0.29, 0.717) is 30.8 Å². The van der Waals surface area contributed by atoms with Crippen LogP contribution in [-0.2, 0) is 6.54 Å². The minimum Gasteiger partial charge on any atom is -0.496 e. The second kappa shape index (κ2) is 7.21. The first kappa shape index (κ1) is 17.2. The van der Waals surface area contributed by atoms with Crippen molar-refractivity contribution in [2.45, 2.75) is 6.54 Å². The highest BCUT2D eigenvalue weighted by atomic mass is 16.5. The molecule has 1 aliphatic rings. The summed E-state index contributed by atoms with van der Waals surface area (Å²) < 4.78 is 5.34. The van der Waals surface area contributed by atoms with Crippen LogP contribution in [0.3, 0.4) is 0 Å². The van der Waals surface area contributed by atoms with Crippen molar-refractivity contribution in [1.29, 1.82) is 0 Å². The molecule has 1 aliphatic heterocycles. The van der Waals surface area contributed by atoms with Gasteiger partial charge in [0, 0.05) is 41.7 Å². The molecule has 27 heavy (non-hydrogen) atoms. The zero-order chi connectivity index (χ0) is 18.8. The topological polar surface area (TPSA) is 58.6 Å². The van der Waals surface area contributed by atoms with Crippen LogP contribution >= 0.6 is 0 Å². The number of benzene rings is 3. The molecule has 1 heterocycles. The molecule has 0 atom stereocenters. The Bertz CT molecular complexity index is 978. The van der Waals surface area contributed by atoms with E-state index >= 15 is 0 Å². The number of hydrogen-bond acceptors (Lipinski definition) is 4. The maximum absolute atomic E-state index is 12.8. The minimum atomic E-state index is -0.233. The van der Waals surface area contributed by atoms with Crippen LogP contribution in [0.5, 0.6) is 5.75 Å². The largest absolute Gasteiger partial charge is 0.496 e. The van der Waals surface area contributed by atoms with Gasteiger partial charge in [-0.15, -0.1) is 0 Å². The zero-order valence-corrected chi connectivity index (χ0v) is 15.1. The first-order valence-corrected chi connectivity index (χ1v) is 8.91. The summed E-state index contributed by atoms with van der Waals surface area (Å²) in [6, 6.07) is 18.9. The van der Waals surface area contributed by atoms with Crippen molar-refractivity contribution < 1.29 is 14.3 Å². The van der Waals surface area contributed by atoms with E-state index in [9.17, 15) is 9.59 Å². The summed E-state index contributed by atoms with van der Waals surface area (Å²) in [5.74, 6) is 0.350. The van der Waals surface area contributed by atoms with Crippen LogP contribution in [-0.4, -0.2) is 36.9 Å². The molecule has 1 N–H and O–H groups in total. The lowest BCUT2D eigenvalue weighted by molar-refractivity contribution is 0.0612. The molecule has 3 aromatic carbocycles. The van der Waals surface area contributed by atoms with E-state index in [1.807, 2.05) is 48.5 Å². The van der Waals surface area contributed by atoms with Crippen molar-refractivity contribution >= 4 is 22.6 Å². The Labute approximate surface area is 157 Å². The quantitative estimate of drug-likeness (QED) is 0.542. The van der Waals surface area contributed by atoms with Crippen molar-refractivity contribution in [3.8, 4) is 5.75 Å². The number of imide groups is 1. The van der Waals surface area contributed by atoms with Crippen molar-refractivity contribution in [2.24, 2.45) is 0 Å². The van der Waals surface area contributed by atoms with Crippen LogP contribution in [0.4, 0.5) is 0 Å². The molecule has 0 aliphatic carbocycles. The summed E-state index contributed by atoms with van der Waals surface area (Å²) in [6.07, 6.45) is 0. The van der Waals surface area contributed by atoms with Gasteiger partial charge in [0.2, 0.25) is 0 Å². The number of nitrogens with one attached hydrogen (secondary N) is 1. The highest BCUT2D eigenvalue weighted by Crippen LogP contribution is 2.29. The molecule has 0 saturated heterocycles. The zero-order valence-electron chi connectivity index (χ0n) is 15.1. The fourth-order valence-electron chi connectivity index (χ4n) is 3.55. The third-order valence-corrected chi connectivity index (χ3v) is 4.88. The highest BCUT2D eigenvalue weighted by molar-refractivity contribution is 6.25. The molecule has 0 unspecified atom stereocenters. The normalized spacial score (nSPS) is 13.3. The first-order chi connectivity index (χ1) is 13.2. The number of methoxy groups -OCH3 is 1. The van der Waals surface area contributed by atoms with E-state index in [0.717, 1.165) is 22.1 Å². The number of carbonyl (C=O) groups excluding carboxylic acids is 2. The molecule has 5 nitrogen and oxygen atoms in total. The van der Waals surface area contributed by atoms with Gasteiger partial charge in [0.1, 0.15) is 5.75 Å². The Morgan fingerprint density at radius 1 is 0.889 bits per heavy atom. The molecule has 0 bridgehead atoms. The van der Waals surface area contributed by atoms with Crippen molar-refractivity contribution in [3.63, 3.8) is 0 Å². The molecule has 2 amide bonds. The SMILES string of the molecule is COc1ccccc1CNCCN1C(=O)c2cccc3cccc(c23)C1=O. The number of amides is 2. The average Bonchev–Trinajstić information content (AvgIpc) is 2.71. The Hall–Kier alpha value is -3.18. The van der Waals surface area contributed by atoms with Crippen LogP contribution in [0.25, 0.3) is 10.8 Å². The van der Waals surface area contributed by atoms with Crippen LogP contribution in [0.1, 0.15) is 26.3 Å². The molecule has 0 spiro atoms. The van der Waals surface area contributed by atoms with Crippen LogP contribution in [0.2, 0.25) is 0 Å². The number of nitrogens with zero attached hydrogens (tertiary/aromatic N) is 1.